The molecule has 1 atom stereocenters. The maximum atomic E-state index is 13.1. The Morgan fingerprint density at radius 3 is 2.55 bits per heavy atom. The Morgan fingerprint density at radius 2 is 1.76 bits per heavy atom. The Morgan fingerprint density at radius 1 is 1.00 bits per heavy atom. The lowest BCUT2D eigenvalue weighted by Gasteiger charge is -2.26. The maximum Gasteiger partial charge on any atom is 0.251 e. The number of sulfonamides is 1. The molecule has 0 heterocycles. The number of hydrogen-bond donors (Lipinski definition) is 2. The van der Waals surface area contributed by atoms with Crippen LogP contribution in [0.1, 0.15) is 66.1 Å². The third kappa shape index (κ3) is 4.49. The number of fused-ring (bicyclic) bond motifs is 1. The predicted octanol–water partition coefficient (Wildman–Crippen LogP) is 4.37. The van der Waals surface area contributed by atoms with Crippen molar-refractivity contribution < 1.29 is 13.2 Å². The van der Waals surface area contributed by atoms with E-state index in [4.69, 9.17) is 11.6 Å². The maximum absolute atomic E-state index is 13.1. The molecule has 0 aliphatic heterocycles. The molecule has 0 aromatic heterocycles. The number of aryl methyl sites for hydroxylation is 1. The van der Waals surface area contributed by atoms with Gasteiger partial charge in [-0.2, -0.15) is 0 Å². The summed E-state index contributed by atoms with van der Waals surface area (Å²) in [6.07, 6.45) is 6.75. The normalized spacial score (nSPS) is 19.7. The summed E-state index contributed by atoms with van der Waals surface area (Å²) in [6.45, 7) is 0. The van der Waals surface area contributed by atoms with Gasteiger partial charge in [-0.15, -0.1) is 0 Å². The average Bonchev–Trinajstić information content (AvgIpc) is 3.21. The first-order chi connectivity index (χ1) is 13.9. The van der Waals surface area contributed by atoms with Crippen molar-refractivity contribution in [1.82, 2.24) is 10.0 Å². The van der Waals surface area contributed by atoms with Crippen LogP contribution in [0.3, 0.4) is 0 Å². The van der Waals surface area contributed by atoms with E-state index < -0.39 is 10.0 Å². The molecule has 2 aromatic carbocycles. The van der Waals surface area contributed by atoms with Crippen LogP contribution in [-0.4, -0.2) is 20.4 Å². The second-order valence-electron chi connectivity index (χ2n) is 7.86. The van der Waals surface area contributed by atoms with Gasteiger partial charge in [-0.3, -0.25) is 4.79 Å². The standard InChI is InChI=1S/C22H25ClN2O3S/c23-19-13-12-16(22(26)24-17-8-2-3-9-17)14-21(19)29(27,28)25-20-11-5-7-15-6-1-4-10-18(15)20/h1,4,6,10,12-14,17,20,25H,2-3,5,7-9,11H2,(H,24,26)/t20-/m0/s1. The minimum absolute atomic E-state index is 0.0544. The zero-order chi connectivity index (χ0) is 20.4. The summed E-state index contributed by atoms with van der Waals surface area (Å²) in [5, 5.41) is 3.10. The summed E-state index contributed by atoms with van der Waals surface area (Å²) in [5.74, 6) is -0.256. The van der Waals surface area contributed by atoms with Crippen molar-refractivity contribution in [3.05, 3.63) is 64.2 Å². The van der Waals surface area contributed by atoms with Crippen molar-refractivity contribution in [1.29, 1.82) is 0 Å². The van der Waals surface area contributed by atoms with Gasteiger partial charge in [-0.1, -0.05) is 48.7 Å². The molecule has 2 aliphatic carbocycles. The zero-order valence-corrected chi connectivity index (χ0v) is 17.7. The number of nitrogens with one attached hydrogen (secondary N) is 2. The van der Waals surface area contributed by atoms with Gasteiger partial charge in [0.15, 0.2) is 0 Å². The van der Waals surface area contributed by atoms with Crippen molar-refractivity contribution in [3.8, 4) is 0 Å². The molecule has 0 bridgehead atoms. The summed E-state index contributed by atoms with van der Waals surface area (Å²) in [7, 11) is -3.88. The van der Waals surface area contributed by atoms with E-state index in [0.717, 1.165) is 50.5 Å². The van der Waals surface area contributed by atoms with E-state index in [1.165, 1.54) is 17.7 Å². The second kappa shape index (κ2) is 8.46. The van der Waals surface area contributed by atoms with E-state index in [-0.39, 0.29) is 27.9 Å². The second-order valence-corrected chi connectivity index (χ2v) is 9.95. The third-order valence-electron chi connectivity index (χ3n) is 5.84. The quantitative estimate of drug-likeness (QED) is 0.736. The predicted molar refractivity (Wildman–Crippen MR) is 114 cm³/mol. The molecular formula is C22H25ClN2O3S. The molecule has 29 heavy (non-hydrogen) atoms. The van der Waals surface area contributed by atoms with E-state index in [2.05, 4.69) is 10.0 Å². The lowest BCUT2D eigenvalue weighted by molar-refractivity contribution is 0.0937. The fraction of sp³-hybridized carbons (Fsp3) is 0.409. The van der Waals surface area contributed by atoms with Crippen molar-refractivity contribution in [3.63, 3.8) is 0 Å². The Hall–Kier alpha value is -1.89. The summed E-state index contributed by atoms with van der Waals surface area (Å²) in [5.41, 5.74) is 2.49. The average molecular weight is 433 g/mol. The first kappa shape index (κ1) is 20.4. The Balaban J connectivity index is 1.57. The van der Waals surface area contributed by atoms with Crippen molar-refractivity contribution >= 4 is 27.5 Å². The molecule has 2 aliphatic rings. The number of benzene rings is 2. The molecule has 2 aromatic rings. The van der Waals surface area contributed by atoms with Crippen LogP contribution < -0.4 is 10.0 Å². The Bertz CT molecular complexity index is 1020. The molecule has 7 heteroatoms. The number of hydrogen-bond acceptors (Lipinski definition) is 3. The van der Waals surface area contributed by atoms with Crippen LogP contribution in [0, 0.1) is 0 Å². The lowest BCUT2D eigenvalue weighted by atomic mass is 9.88. The van der Waals surface area contributed by atoms with Crippen molar-refractivity contribution in [2.24, 2.45) is 0 Å². The summed E-state index contributed by atoms with van der Waals surface area (Å²) < 4.78 is 29.1. The summed E-state index contributed by atoms with van der Waals surface area (Å²) in [6, 6.07) is 12.2. The van der Waals surface area contributed by atoms with E-state index >= 15 is 0 Å². The third-order valence-corrected chi connectivity index (χ3v) is 7.79. The first-order valence-corrected chi connectivity index (χ1v) is 12.0. The van der Waals surface area contributed by atoms with Gasteiger partial charge in [0, 0.05) is 17.6 Å². The van der Waals surface area contributed by atoms with Crippen LogP contribution in [0.2, 0.25) is 5.02 Å². The highest BCUT2D eigenvalue weighted by molar-refractivity contribution is 7.89. The minimum atomic E-state index is -3.88. The van der Waals surface area contributed by atoms with Crippen LogP contribution in [0.25, 0.3) is 0 Å². The van der Waals surface area contributed by atoms with Crippen LogP contribution in [-0.2, 0) is 16.4 Å². The van der Waals surface area contributed by atoms with E-state index in [1.807, 2.05) is 24.3 Å². The fourth-order valence-corrected chi connectivity index (χ4v) is 6.09. The lowest BCUT2D eigenvalue weighted by Crippen LogP contribution is -2.33. The van der Waals surface area contributed by atoms with Crippen LogP contribution in [0.5, 0.6) is 0 Å². The topological polar surface area (TPSA) is 75.3 Å². The molecule has 0 saturated heterocycles. The van der Waals surface area contributed by atoms with Gasteiger partial charge in [-0.05, 0) is 61.4 Å². The summed E-state index contributed by atoms with van der Waals surface area (Å²) >= 11 is 6.22. The SMILES string of the molecule is O=C(NC1CCCC1)c1ccc(Cl)c(S(=O)(=O)N[C@H]2CCCc3ccccc32)c1. The van der Waals surface area contributed by atoms with Gasteiger partial charge >= 0.3 is 0 Å². The molecule has 1 fully saturated rings. The minimum Gasteiger partial charge on any atom is -0.349 e. The molecule has 1 saturated carbocycles. The van der Waals surface area contributed by atoms with Gasteiger partial charge in [-0.25, -0.2) is 13.1 Å². The van der Waals surface area contributed by atoms with Gasteiger partial charge in [0.25, 0.3) is 5.91 Å². The van der Waals surface area contributed by atoms with Crippen molar-refractivity contribution in [2.45, 2.75) is 61.9 Å². The molecule has 1 amide bonds. The fourth-order valence-electron chi connectivity index (χ4n) is 4.32. The number of amides is 1. The molecule has 0 radical (unpaired) electrons. The van der Waals surface area contributed by atoms with Crippen LogP contribution in [0.15, 0.2) is 47.4 Å². The van der Waals surface area contributed by atoms with Crippen LogP contribution >= 0.6 is 11.6 Å². The van der Waals surface area contributed by atoms with Gasteiger partial charge in [0.1, 0.15) is 4.90 Å². The molecule has 4 rings (SSSR count). The van der Waals surface area contributed by atoms with E-state index in [1.54, 1.807) is 6.07 Å². The van der Waals surface area contributed by atoms with Crippen LogP contribution in [0.4, 0.5) is 0 Å². The highest BCUT2D eigenvalue weighted by atomic mass is 35.5. The number of carbonyl (C=O) groups excluding carboxylic acids is 1. The van der Waals surface area contributed by atoms with Gasteiger partial charge < -0.3 is 5.32 Å². The Labute approximate surface area is 176 Å². The van der Waals surface area contributed by atoms with E-state index in [0.29, 0.717) is 5.56 Å². The highest BCUT2D eigenvalue weighted by Crippen LogP contribution is 2.32. The van der Waals surface area contributed by atoms with Gasteiger partial charge in [0.2, 0.25) is 10.0 Å². The van der Waals surface area contributed by atoms with Crippen molar-refractivity contribution in [2.75, 3.05) is 0 Å². The molecule has 5 nitrogen and oxygen atoms in total. The Kier molecular flexibility index (Phi) is 5.95. The van der Waals surface area contributed by atoms with E-state index in [9.17, 15) is 13.2 Å². The molecular weight excluding hydrogens is 408 g/mol. The largest absolute Gasteiger partial charge is 0.349 e. The smallest absolute Gasteiger partial charge is 0.251 e. The highest BCUT2D eigenvalue weighted by Gasteiger charge is 2.28. The zero-order valence-electron chi connectivity index (χ0n) is 16.2. The molecule has 0 unspecified atom stereocenters. The molecule has 154 valence electrons. The first-order valence-electron chi connectivity index (χ1n) is 10.1. The number of rotatable bonds is 5. The molecule has 2 N–H and O–H groups in total. The monoisotopic (exact) mass is 432 g/mol. The van der Waals surface area contributed by atoms with Gasteiger partial charge in [0.05, 0.1) is 5.02 Å². The summed E-state index contributed by atoms with van der Waals surface area (Å²) in [4.78, 5) is 12.5. The molecule has 0 spiro atoms. The number of halogens is 1. The number of carbonyl (C=O) groups is 1.